The van der Waals surface area contributed by atoms with Crippen molar-refractivity contribution >= 4 is 27.5 Å². The largest absolute Gasteiger partial charge is 0.326 e. The van der Waals surface area contributed by atoms with Crippen LogP contribution in [0.1, 0.15) is 12.5 Å². The second-order valence-corrected chi connectivity index (χ2v) is 5.65. The van der Waals surface area contributed by atoms with Crippen molar-refractivity contribution in [3.05, 3.63) is 46.4 Å². The summed E-state index contributed by atoms with van der Waals surface area (Å²) in [5.41, 5.74) is 1.33. The van der Waals surface area contributed by atoms with Gasteiger partial charge in [0.1, 0.15) is 5.82 Å². The Labute approximate surface area is 125 Å². The number of aromatic nitrogens is 2. The van der Waals surface area contributed by atoms with Crippen molar-refractivity contribution in [2.45, 2.75) is 20.4 Å². The molecule has 0 aliphatic rings. The molecule has 0 bridgehead atoms. The Hall–Kier alpha value is -1.69. The number of hydrogen-bond acceptors (Lipinski definition) is 2. The number of rotatable bonds is 4. The summed E-state index contributed by atoms with van der Waals surface area (Å²) in [7, 11) is 0. The highest BCUT2D eigenvalue weighted by Crippen LogP contribution is 2.17. The van der Waals surface area contributed by atoms with E-state index in [-0.39, 0.29) is 17.6 Å². The molecule has 0 radical (unpaired) electrons. The molecule has 1 heterocycles. The Balaban J connectivity index is 2.00. The number of anilines is 1. The summed E-state index contributed by atoms with van der Waals surface area (Å²) < 4.78 is 15.6. The second kappa shape index (κ2) is 6.17. The minimum Gasteiger partial charge on any atom is -0.326 e. The van der Waals surface area contributed by atoms with Crippen LogP contribution in [0.5, 0.6) is 0 Å². The molecule has 0 unspecified atom stereocenters. The first kappa shape index (κ1) is 14.7. The molecule has 0 aliphatic heterocycles. The lowest BCUT2D eigenvalue weighted by atomic mass is 10.1. The van der Waals surface area contributed by atoms with Crippen LogP contribution in [-0.2, 0) is 11.3 Å². The van der Waals surface area contributed by atoms with E-state index in [1.807, 2.05) is 13.1 Å². The standard InChI is InChI=1S/C14H15BrFN3O/c1-9-5-12(16)3-4-13(9)18-14(20)10(2)7-19-8-11(15)6-17-19/h3-6,8,10H,7H2,1-2H3,(H,18,20)/t10-/m0/s1. The molecule has 6 heteroatoms. The minimum atomic E-state index is -0.310. The van der Waals surface area contributed by atoms with E-state index in [1.165, 1.54) is 12.1 Å². The summed E-state index contributed by atoms with van der Waals surface area (Å²) in [5, 5.41) is 6.92. The number of nitrogens with one attached hydrogen (secondary N) is 1. The van der Waals surface area contributed by atoms with E-state index in [0.29, 0.717) is 17.8 Å². The summed E-state index contributed by atoms with van der Waals surface area (Å²) in [6, 6.07) is 4.29. The van der Waals surface area contributed by atoms with Crippen LogP contribution in [0.3, 0.4) is 0 Å². The number of amides is 1. The smallest absolute Gasteiger partial charge is 0.229 e. The quantitative estimate of drug-likeness (QED) is 0.928. The molecule has 0 saturated heterocycles. The van der Waals surface area contributed by atoms with Gasteiger partial charge in [-0.25, -0.2) is 4.39 Å². The average molecular weight is 340 g/mol. The number of nitrogens with zero attached hydrogens (tertiary/aromatic N) is 2. The highest BCUT2D eigenvalue weighted by Gasteiger charge is 2.15. The van der Waals surface area contributed by atoms with Gasteiger partial charge < -0.3 is 5.32 Å². The summed E-state index contributed by atoms with van der Waals surface area (Å²) in [6.45, 7) is 4.06. The van der Waals surface area contributed by atoms with Crippen molar-refractivity contribution in [2.75, 3.05) is 5.32 Å². The maximum absolute atomic E-state index is 13.0. The van der Waals surface area contributed by atoms with Crippen LogP contribution in [-0.4, -0.2) is 15.7 Å². The van der Waals surface area contributed by atoms with Gasteiger partial charge in [-0.3, -0.25) is 9.48 Å². The van der Waals surface area contributed by atoms with E-state index in [2.05, 4.69) is 26.3 Å². The fourth-order valence-corrected chi connectivity index (χ4v) is 2.15. The number of hydrogen-bond donors (Lipinski definition) is 1. The fraction of sp³-hybridized carbons (Fsp3) is 0.286. The van der Waals surface area contributed by atoms with Crippen LogP contribution in [0.15, 0.2) is 35.1 Å². The van der Waals surface area contributed by atoms with Gasteiger partial charge >= 0.3 is 0 Å². The highest BCUT2D eigenvalue weighted by atomic mass is 79.9. The summed E-state index contributed by atoms with van der Waals surface area (Å²) >= 11 is 3.31. The molecule has 0 aliphatic carbocycles. The maximum atomic E-state index is 13.0. The SMILES string of the molecule is Cc1cc(F)ccc1NC(=O)[C@@H](C)Cn1cc(Br)cn1. The first-order valence-corrected chi connectivity index (χ1v) is 7.00. The molecule has 0 saturated carbocycles. The number of carbonyl (C=O) groups excluding carboxylic acids is 1. The minimum absolute atomic E-state index is 0.119. The molecule has 1 aromatic heterocycles. The van der Waals surface area contributed by atoms with Gasteiger partial charge in [0, 0.05) is 11.9 Å². The predicted molar refractivity (Wildman–Crippen MR) is 78.9 cm³/mol. The molecule has 1 N–H and O–H groups in total. The topological polar surface area (TPSA) is 46.9 Å². The van der Waals surface area contributed by atoms with Gasteiger partial charge in [0.2, 0.25) is 5.91 Å². The second-order valence-electron chi connectivity index (χ2n) is 4.73. The molecule has 20 heavy (non-hydrogen) atoms. The number of carbonyl (C=O) groups is 1. The van der Waals surface area contributed by atoms with Crippen molar-refractivity contribution in [3.8, 4) is 0 Å². The third-order valence-electron chi connectivity index (χ3n) is 2.96. The van der Waals surface area contributed by atoms with Gasteiger partial charge in [-0.15, -0.1) is 0 Å². The Morgan fingerprint density at radius 1 is 1.55 bits per heavy atom. The van der Waals surface area contributed by atoms with Gasteiger partial charge in [-0.2, -0.15) is 5.10 Å². The van der Waals surface area contributed by atoms with Crippen LogP contribution < -0.4 is 5.32 Å². The van der Waals surface area contributed by atoms with Crippen molar-refractivity contribution < 1.29 is 9.18 Å². The lowest BCUT2D eigenvalue weighted by Crippen LogP contribution is -2.25. The maximum Gasteiger partial charge on any atom is 0.229 e. The first-order valence-electron chi connectivity index (χ1n) is 6.20. The third kappa shape index (κ3) is 3.66. The summed E-state index contributed by atoms with van der Waals surface area (Å²) in [5.74, 6) is -0.674. The van der Waals surface area contributed by atoms with Crippen molar-refractivity contribution in [1.82, 2.24) is 9.78 Å². The van der Waals surface area contributed by atoms with E-state index in [0.717, 1.165) is 4.47 Å². The van der Waals surface area contributed by atoms with E-state index in [1.54, 1.807) is 23.9 Å². The van der Waals surface area contributed by atoms with Gasteiger partial charge in [0.15, 0.2) is 0 Å². The molecule has 2 rings (SSSR count). The average Bonchev–Trinajstić information content (AvgIpc) is 2.78. The van der Waals surface area contributed by atoms with Gasteiger partial charge in [-0.05, 0) is 46.6 Å². The molecule has 106 valence electrons. The number of halogens is 2. The first-order chi connectivity index (χ1) is 9.45. The molecule has 4 nitrogen and oxygen atoms in total. The normalized spacial score (nSPS) is 12.2. The van der Waals surface area contributed by atoms with Crippen molar-refractivity contribution in [1.29, 1.82) is 0 Å². The third-order valence-corrected chi connectivity index (χ3v) is 3.37. The van der Waals surface area contributed by atoms with E-state index in [9.17, 15) is 9.18 Å². The molecule has 1 amide bonds. The lowest BCUT2D eigenvalue weighted by Gasteiger charge is -2.13. The number of benzene rings is 1. The molecule has 0 spiro atoms. The highest BCUT2D eigenvalue weighted by molar-refractivity contribution is 9.10. The molecular formula is C14H15BrFN3O. The van der Waals surface area contributed by atoms with E-state index < -0.39 is 0 Å². The number of aryl methyl sites for hydroxylation is 1. The molecule has 2 aromatic rings. The molecule has 1 atom stereocenters. The zero-order valence-corrected chi connectivity index (χ0v) is 12.8. The monoisotopic (exact) mass is 339 g/mol. The van der Waals surface area contributed by atoms with Crippen molar-refractivity contribution in [2.24, 2.45) is 5.92 Å². The van der Waals surface area contributed by atoms with Crippen LogP contribution in [0.25, 0.3) is 0 Å². The summed E-state index contributed by atoms with van der Waals surface area (Å²) in [4.78, 5) is 12.1. The summed E-state index contributed by atoms with van der Waals surface area (Å²) in [6.07, 6.45) is 3.49. The van der Waals surface area contributed by atoms with Crippen LogP contribution in [0.2, 0.25) is 0 Å². The van der Waals surface area contributed by atoms with Gasteiger partial charge in [-0.1, -0.05) is 6.92 Å². The Morgan fingerprint density at radius 3 is 2.90 bits per heavy atom. The Morgan fingerprint density at radius 2 is 2.30 bits per heavy atom. The van der Waals surface area contributed by atoms with Gasteiger partial charge in [0.25, 0.3) is 0 Å². The van der Waals surface area contributed by atoms with E-state index >= 15 is 0 Å². The van der Waals surface area contributed by atoms with Gasteiger partial charge in [0.05, 0.1) is 23.1 Å². The van der Waals surface area contributed by atoms with Crippen LogP contribution >= 0.6 is 15.9 Å². The van der Waals surface area contributed by atoms with Crippen LogP contribution in [0, 0.1) is 18.7 Å². The molecule has 0 fully saturated rings. The zero-order valence-electron chi connectivity index (χ0n) is 11.2. The zero-order chi connectivity index (χ0) is 14.7. The lowest BCUT2D eigenvalue weighted by molar-refractivity contribution is -0.119. The van der Waals surface area contributed by atoms with E-state index in [4.69, 9.17) is 0 Å². The van der Waals surface area contributed by atoms with Crippen molar-refractivity contribution in [3.63, 3.8) is 0 Å². The molecular weight excluding hydrogens is 325 g/mol. The Bertz CT molecular complexity index is 627. The fourth-order valence-electron chi connectivity index (χ4n) is 1.82. The Kier molecular flexibility index (Phi) is 4.54. The predicted octanol–water partition coefficient (Wildman–Crippen LogP) is 3.37. The van der Waals surface area contributed by atoms with Crippen LogP contribution in [0.4, 0.5) is 10.1 Å². The molecule has 1 aromatic carbocycles.